The Labute approximate surface area is 92.7 Å². The molecule has 0 bridgehead atoms. The molecule has 0 amide bonds. The zero-order valence-electron chi connectivity index (χ0n) is 9.22. The van der Waals surface area contributed by atoms with Crippen molar-refractivity contribution < 1.29 is 4.57 Å². The average molecular weight is 213 g/mol. The van der Waals surface area contributed by atoms with Crippen molar-refractivity contribution in [2.24, 2.45) is 0 Å². The molecule has 0 N–H and O–H groups in total. The van der Waals surface area contributed by atoms with Gasteiger partial charge in [0.15, 0.2) is 0 Å². The van der Waals surface area contributed by atoms with Gasteiger partial charge in [0.1, 0.15) is 11.0 Å². The highest BCUT2D eigenvalue weighted by Gasteiger charge is 2.28. The average Bonchev–Trinajstić information content (AvgIpc) is 2.82. The van der Waals surface area contributed by atoms with Crippen molar-refractivity contribution in [3.05, 3.63) is 30.1 Å². The molecule has 0 aliphatic carbocycles. The van der Waals surface area contributed by atoms with Crippen molar-refractivity contribution in [1.29, 1.82) is 0 Å². The SMILES string of the molecule is Cc1nn2c3n1c1ccccc1[n+]3CCC2. The standard InChI is InChI=1S/C12H13N4/c1-9-13-15-8-4-7-14-10-5-2-3-6-11(10)16(9)12(14)15/h2-3,5-6H,4,7-8H2,1H3/q+1. The molecule has 4 nitrogen and oxygen atoms in total. The molecule has 1 aromatic carbocycles. The molecule has 0 radical (unpaired) electrons. The second kappa shape index (κ2) is 2.64. The number of para-hydroxylation sites is 2. The van der Waals surface area contributed by atoms with Gasteiger partial charge in [-0.2, -0.15) is 4.40 Å². The van der Waals surface area contributed by atoms with Crippen LogP contribution in [0.1, 0.15) is 12.2 Å². The summed E-state index contributed by atoms with van der Waals surface area (Å²) in [5.41, 5.74) is 2.58. The first-order chi connectivity index (χ1) is 7.86. The molecule has 4 rings (SSSR count). The van der Waals surface area contributed by atoms with Gasteiger partial charge < -0.3 is 0 Å². The molecule has 0 saturated heterocycles. The van der Waals surface area contributed by atoms with Crippen LogP contribution in [0.3, 0.4) is 0 Å². The topological polar surface area (TPSA) is 26.1 Å². The first-order valence-corrected chi connectivity index (χ1v) is 5.73. The van der Waals surface area contributed by atoms with Gasteiger partial charge in [-0.3, -0.25) is 0 Å². The van der Waals surface area contributed by atoms with E-state index < -0.39 is 0 Å². The predicted molar refractivity (Wildman–Crippen MR) is 60.2 cm³/mol. The fraction of sp³-hybridized carbons (Fsp3) is 0.333. The summed E-state index contributed by atoms with van der Waals surface area (Å²) in [5.74, 6) is 2.30. The fourth-order valence-electron chi connectivity index (χ4n) is 2.80. The largest absolute Gasteiger partial charge is 0.391 e. The lowest BCUT2D eigenvalue weighted by Gasteiger charge is -2.05. The number of hydrogen-bond acceptors (Lipinski definition) is 1. The monoisotopic (exact) mass is 213 g/mol. The van der Waals surface area contributed by atoms with Gasteiger partial charge in [0.2, 0.25) is 5.82 Å². The third-order valence-corrected chi connectivity index (χ3v) is 3.43. The van der Waals surface area contributed by atoms with Gasteiger partial charge in [0.25, 0.3) is 0 Å². The molecule has 3 heterocycles. The lowest BCUT2D eigenvalue weighted by Crippen LogP contribution is -2.39. The van der Waals surface area contributed by atoms with Crippen LogP contribution in [0, 0.1) is 6.92 Å². The predicted octanol–water partition coefficient (Wildman–Crippen LogP) is 1.29. The number of nitrogens with zero attached hydrogens (tertiary/aromatic N) is 4. The molecular weight excluding hydrogens is 200 g/mol. The molecule has 0 spiro atoms. The Kier molecular flexibility index (Phi) is 1.37. The highest BCUT2D eigenvalue weighted by Crippen LogP contribution is 2.19. The minimum absolute atomic E-state index is 1.04. The first kappa shape index (κ1) is 8.33. The van der Waals surface area contributed by atoms with Gasteiger partial charge in [-0.05, 0) is 12.1 Å². The third kappa shape index (κ3) is 0.813. The van der Waals surface area contributed by atoms with E-state index in [9.17, 15) is 0 Å². The Hall–Kier alpha value is -1.84. The minimum atomic E-state index is 1.04. The van der Waals surface area contributed by atoms with E-state index in [1.165, 1.54) is 23.2 Å². The Balaban J connectivity index is 2.37. The van der Waals surface area contributed by atoms with E-state index in [1.807, 2.05) is 0 Å². The van der Waals surface area contributed by atoms with E-state index in [2.05, 4.69) is 49.9 Å². The summed E-state index contributed by atoms with van der Waals surface area (Å²) in [6, 6.07) is 8.56. The van der Waals surface area contributed by atoms with Gasteiger partial charge in [0.05, 0.1) is 13.1 Å². The normalized spacial score (nSPS) is 15.1. The summed E-state index contributed by atoms with van der Waals surface area (Å²) >= 11 is 0. The first-order valence-electron chi connectivity index (χ1n) is 5.73. The molecule has 0 unspecified atom stereocenters. The summed E-state index contributed by atoms with van der Waals surface area (Å²) in [4.78, 5) is 0. The summed E-state index contributed by atoms with van der Waals surface area (Å²) in [7, 11) is 0. The van der Waals surface area contributed by atoms with Crippen molar-refractivity contribution in [3.8, 4) is 0 Å². The smallest absolute Gasteiger partial charge is 0.226 e. The zero-order valence-corrected chi connectivity index (χ0v) is 9.22. The minimum Gasteiger partial charge on any atom is -0.226 e. The summed E-state index contributed by atoms with van der Waals surface area (Å²) < 4.78 is 6.76. The zero-order chi connectivity index (χ0) is 10.7. The summed E-state index contributed by atoms with van der Waals surface area (Å²) in [6.45, 7) is 4.21. The Morgan fingerprint density at radius 1 is 1.31 bits per heavy atom. The van der Waals surface area contributed by atoms with Crippen LogP contribution >= 0.6 is 0 Å². The Bertz CT molecular complexity index is 705. The van der Waals surface area contributed by atoms with Gasteiger partial charge in [-0.1, -0.05) is 17.2 Å². The second-order valence-electron chi connectivity index (χ2n) is 4.40. The van der Waals surface area contributed by atoms with Crippen molar-refractivity contribution >= 4 is 16.8 Å². The van der Waals surface area contributed by atoms with Crippen LogP contribution in [0.15, 0.2) is 24.3 Å². The van der Waals surface area contributed by atoms with E-state index >= 15 is 0 Å². The van der Waals surface area contributed by atoms with Gasteiger partial charge in [0, 0.05) is 13.3 Å². The van der Waals surface area contributed by atoms with Crippen LogP contribution in [-0.4, -0.2) is 14.2 Å². The quantitative estimate of drug-likeness (QED) is 0.517. The van der Waals surface area contributed by atoms with Crippen molar-refractivity contribution in [3.63, 3.8) is 0 Å². The highest BCUT2D eigenvalue weighted by atomic mass is 15.4. The van der Waals surface area contributed by atoms with Gasteiger partial charge in [-0.15, -0.1) is 4.68 Å². The molecule has 0 fully saturated rings. The van der Waals surface area contributed by atoms with Crippen LogP contribution in [0.5, 0.6) is 0 Å². The molecule has 0 saturated carbocycles. The number of benzene rings is 1. The van der Waals surface area contributed by atoms with Crippen LogP contribution < -0.4 is 4.57 Å². The molecule has 1 aliphatic heterocycles. The van der Waals surface area contributed by atoms with Crippen molar-refractivity contribution in [2.45, 2.75) is 26.4 Å². The summed E-state index contributed by atoms with van der Waals surface area (Å²) in [5, 5.41) is 4.59. The van der Waals surface area contributed by atoms with Gasteiger partial charge >= 0.3 is 5.78 Å². The van der Waals surface area contributed by atoms with Crippen molar-refractivity contribution in [1.82, 2.24) is 14.2 Å². The third-order valence-electron chi connectivity index (χ3n) is 3.43. The molecule has 3 aromatic rings. The number of imidazole rings is 1. The number of rotatable bonds is 0. The van der Waals surface area contributed by atoms with Crippen LogP contribution in [0.4, 0.5) is 0 Å². The fourth-order valence-corrected chi connectivity index (χ4v) is 2.80. The second-order valence-corrected chi connectivity index (χ2v) is 4.40. The van der Waals surface area contributed by atoms with E-state index in [0.29, 0.717) is 0 Å². The molecule has 2 aromatic heterocycles. The number of aromatic nitrogens is 4. The number of fused-ring (bicyclic) bond motifs is 3. The van der Waals surface area contributed by atoms with Crippen molar-refractivity contribution in [2.75, 3.05) is 0 Å². The maximum Gasteiger partial charge on any atom is 0.391 e. The Morgan fingerprint density at radius 3 is 3.12 bits per heavy atom. The molecule has 0 atom stereocenters. The maximum atomic E-state index is 4.59. The van der Waals surface area contributed by atoms with E-state index in [-0.39, 0.29) is 0 Å². The lowest BCUT2D eigenvalue weighted by molar-refractivity contribution is -0.653. The molecular formula is C12H13N4+. The number of aryl methyl sites for hydroxylation is 3. The molecule has 80 valence electrons. The summed E-state index contributed by atoms with van der Waals surface area (Å²) in [6.07, 6.45) is 1.17. The highest BCUT2D eigenvalue weighted by molar-refractivity contribution is 5.75. The van der Waals surface area contributed by atoms with E-state index in [0.717, 1.165) is 18.9 Å². The Morgan fingerprint density at radius 2 is 2.19 bits per heavy atom. The molecule has 16 heavy (non-hydrogen) atoms. The maximum absolute atomic E-state index is 4.59. The van der Waals surface area contributed by atoms with Crippen LogP contribution in [0.25, 0.3) is 16.8 Å². The van der Waals surface area contributed by atoms with Crippen LogP contribution in [0.2, 0.25) is 0 Å². The molecule has 4 heteroatoms. The van der Waals surface area contributed by atoms with Gasteiger partial charge in [-0.25, -0.2) is 4.57 Å². The lowest BCUT2D eigenvalue weighted by atomic mass is 10.3. The number of hydrogen-bond donors (Lipinski definition) is 0. The van der Waals surface area contributed by atoms with Crippen LogP contribution in [-0.2, 0) is 13.1 Å². The molecule has 1 aliphatic rings. The van der Waals surface area contributed by atoms with E-state index in [4.69, 9.17) is 0 Å². The van der Waals surface area contributed by atoms with E-state index in [1.54, 1.807) is 0 Å².